The van der Waals surface area contributed by atoms with E-state index in [2.05, 4.69) is 26.5 Å². The van der Waals surface area contributed by atoms with Crippen LogP contribution in [0.1, 0.15) is 60.3 Å². The van der Waals surface area contributed by atoms with E-state index in [9.17, 15) is 15.3 Å². The van der Waals surface area contributed by atoms with Gasteiger partial charge in [-0.25, -0.2) is 0 Å². The molecule has 0 saturated heterocycles. The van der Waals surface area contributed by atoms with Crippen LogP contribution >= 0.6 is 0 Å². The molecular weight excluding hydrogens is 288 g/mol. The fourth-order valence-electron chi connectivity index (χ4n) is 2.35. The predicted molar refractivity (Wildman–Crippen MR) is 98.2 cm³/mol. The van der Waals surface area contributed by atoms with Crippen molar-refractivity contribution in [3.63, 3.8) is 0 Å². The highest BCUT2D eigenvalue weighted by atomic mass is 16.3. The Morgan fingerprint density at radius 3 is 2.13 bits per heavy atom. The number of aliphatic hydroxyl groups excluding tert-OH is 2. The summed E-state index contributed by atoms with van der Waals surface area (Å²) >= 11 is 0. The van der Waals surface area contributed by atoms with Crippen LogP contribution in [0, 0.1) is 0 Å². The van der Waals surface area contributed by atoms with Gasteiger partial charge >= 0.3 is 0 Å². The summed E-state index contributed by atoms with van der Waals surface area (Å²) in [6.45, 7) is 13.2. The average Bonchev–Trinajstić information content (AvgIpc) is 2.36. The molecule has 0 aromatic carbocycles. The molecule has 0 fully saturated rings. The van der Waals surface area contributed by atoms with E-state index in [4.69, 9.17) is 0 Å². The van der Waals surface area contributed by atoms with Crippen LogP contribution in [-0.4, -0.2) is 33.1 Å². The van der Waals surface area contributed by atoms with Crippen molar-refractivity contribution < 1.29 is 15.3 Å². The molecule has 0 heterocycles. The molecule has 0 aromatic rings. The van der Waals surface area contributed by atoms with Crippen LogP contribution in [0.15, 0.2) is 47.6 Å². The van der Waals surface area contributed by atoms with E-state index in [0.29, 0.717) is 6.42 Å². The molecule has 132 valence electrons. The van der Waals surface area contributed by atoms with E-state index in [-0.39, 0.29) is 6.42 Å². The Labute approximate surface area is 141 Å². The zero-order valence-electron chi connectivity index (χ0n) is 15.3. The van der Waals surface area contributed by atoms with Crippen molar-refractivity contribution in [3.05, 3.63) is 47.6 Å². The Bertz CT molecular complexity index is 452. The van der Waals surface area contributed by atoms with Crippen molar-refractivity contribution in [3.8, 4) is 0 Å². The second-order valence-corrected chi connectivity index (χ2v) is 6.95. The van der Waals surface area contributed by atoms with Crippen molar-refractivity contribution in [2.24, 2.45) is 0 Å². The van der Waals surface area contributed by atoms with Crippen LogP contribution in [0.3, 0.4) is 0 Å². The molecule has 0 unspecified atom stereocenters. The third kappa shape index (κ3) is 12.0. The smallest absolute Gasteiger partial charge is 0.0824 e. The SMILES string of the molecule is C=C[C@](C)(O)C[C@H](O)/C=C(\C)C[C@@H](O)/C=C(\C)CCC=C(C)C. The second-order valence-electron chi connectivity index (χ2n) is 6.95. The molecule has 0 aliphatic heterocycles. The highest BCUT2D eigenvalue weighted by Crippen LogP contribution is 2.17. The highest BCUT2D eigenvalue weighted by Gasteiger charge is 2.19. The molecule has 0 saturated carbocycles. The Morgan fingerprint density at radius 1 is 1.04 bits per heavy atom. The number of rotatable bonds is 10. The van der Waals surface area contributed by atoms with Crippen LogP contribution < -0.4 is 0 Å². The molecule has 0 bridgehead atoms. The van der Waals surface area contributed by atoms with E-state index < -0.39 is 17.8 Å². The summed E-state index contributed by atoms with van der Waals surface area (Å²) in [5.41, 5.74) is 2.29. The first kappa shape index (κ1) is 21.8. The van der Waals surface area contributed by atoms with E-state index in [0.717, 1.165) is 24.0 Å². The van der Waals surface area contributed by atoms with Gasteiger partial charge < -0.3 is 15.3 Å². The first-order valence-corrected chi connectivity index (χ1v) is 8.26. The maximum atomic E-state index is 10.1. The maximum absolute atomic E-state index is 10.1. The molecule has 0 spiro atoms. The van der Waals surface area contributed by atoms with Gasteiger partial charge in [0.1, 0.15) is 0 Å². The van der Waals surface area contributed by atoms with E-state index >= 15 is 0 Å². The molecule has 0 aliphatic carbocycles. The van der Waals surface area contributed by atoms with Crippen LogP contribution in [0.5, 0.6) is 0 Å². The number of hydrogen-bond acceptors (Lipinski definition) is 3. The molecule has 0 aliphatic rings. The highest BCUT2D eigenvalue weighted by molar-refractivity contribution is 5.11. The van der Waals surface area contributed by atoms with Crippen LogP contribution in [0.4, 0.5) is 0 Å². The normalized spacial score (nSPS) is 18.1. The number of allylic oxidation sites excluding steroid dienone is 3. The molecular formula is C20H34O3. The Balaban J connectivity index is 4.47. The Morgan fingerprint density at radius 2 is 1.61 bits per heavy atom. The molecule has 0 amide bonds. The molecule has 3 heteroatoms. The third-order valence-electron chi connectivity index (χ3n) is 3.64. The van der Waals surface area contributed by atoms with Crippen molar-refractivity contribution in [1.82, 2.24) is 0 Å². The quantitative estimate of drug-likeness (QED) is 0.531. The zero-order chi connectivity index (χ0) is 18.0. The lowest BCUT2D eigenvalue weighted by Gasteiger charge is -2.21. The molecule has 3 N–H and O–H groups in total. The van der Waals surface area contributed by atoms with Gasteiger partial charge in [0.2, 0.25) is 0 Å². The van der Waals surface area contributed by atoms with Gasteiger partial charge in [-0.2, -0.15) is 0 Å². The van der Waals surface area contributed by atoms with Gasteiger partial charge in [-0.05, 0) is 53.9 Å². The van der Waals surface area contributed by atoms with Crippen LogP contribution in [0.2, 0.25) is 0 Å². The summed E-state index contributed by atoms with van der Waals surface area (Å²) in [6, 6.07) is 0. The lowest BCUT2D eigenvalue weighted by molar-refractivity contribution is 0.0573. The standard InChI is InChI=1S/C20H34O3/c1-7-20(6,23)14-19(22)13-17(5)12-18(21)11-16(4)10-8-9-15(2)3/h7,9,11,13,18-19,21-23H,1,8,10,12,14H2,2-6H3/b16-11+,17-13+/t18-,19+,20-/m0/s1. The summed E-state index contributed by atoms with van der Waals surface area (Å²) < 4.78 is 0. The van der Waals surface area contributed by atoms with Crippen molar-refractivity contribution in [1.29, 1.82) is 0 Å². The summed E-state index contributed by atoms with van der Waals surface area (Å²) in [4.78, 5) is 0. The van der Waals surface area contributed by atoms with Gasteiger partial charge in [0, 0.05) is 6.42 Å². The fourth-order valence-corrected chi connectivity index (χ4v) is 2.35. The van der Waals surface area contributed by atoms with E-state index in [1.165, 1.54) is 11.6 Å². The molecule has 0 rings (SSSR count). The second kappa shape index (κ2) is 10.6. The van der Waals surface area contributed by atoms with Gasteiger partial charge in [-0.1, -0.05) is 41.0 Å². The lowest BCUT2D eigenvalue weighted by Crippen LogP contribution is -2.26. The van der Waals surface area contributed by atoms with Gasteiger partial charge in [0.25, 0.3) is 0 Å². The van der Waals surface area contributed by atoms with Crippen molar-refractivity contribution in [2.45, 2.75) is 78.1 Å². The van der Waals surface area contributed by atoms with Crippen molar-refractivity contribution >= 4 is 0 Å². The van der Waals surface area contributed by atoms with Gasteiger partial charge in [-0.3, -0.25) is 0 Å². The average molecular weight is 322 g/mol. The molecule has 23 heavy (non-hydrogen) atoms. The predicted octanol–water partition coefficient (Wildman–Crippen LogP) is 4.06. The van der Waals surface area contributed by atoms with Gasteiger partial charge in [-0.15, -0.1) is 6.58 Å². The van der Waals surface area contributed by atoms with Gasteiger partial charge in [0.15, 0.2) is 0 Å². The number of aliphatic hydroxyl groups is 3. The fraction of sp³-hybridized carbons (Fsp3) is 0.600. The third-order valence-corrected chi connectivity index (χ3v) is 3.64. The molecule has 0 aromatic heterocycles. The molecule has 3 nitrogen and oxygen atoms in total. The topological polar surface area (TPSA) is 60.7 Å². The minimum Gasteiger partial charge on any atom is -0.389 e. The van der Waals surface area contributed by atoms with Crippen LogP contribution in [0.25, 0.3) is 0 Å². The zero-order valence-corrected chi connectivity index (χ0v) is 15.3. The van der Waals surface area contributed by atoms with Crippen molar-refractivity contribution in [2.75, 3.05) is 0 Å². The monoisotopic (exact) mass is 322 g/mol. The number of hydrogen-bond donors (Lipinski definition) is 3. The Hall–Kier alpha value is -1.16. The minimum absolute atomic E-state index is 0.196. The minimum atomic E-state index is -1.09. The van der Waals surface area contributed by atoms with E-state index in [1.54, 1.807) is 13.0 Å². The summed E-state index contributed by atoms with van der Waals surface area (Å²) in [5.74, 6) is 0. The first-order valence-electron chi connectivity index (χ1n) is 8.26. The first-order chi connectivity index (χ1) is 10.6. The summed E-state index contributed by atoms with van der Waals surface area (Å²) in [5, 5.41) is 29.9. The van der Waals surface area contributed by atoms with Crippen LogP contribution in [-0.2, 0) is 0 Å². The Kier molecular flexibility index (Phi) is 10.1. The summed E-state index contributed by atoms with van der Waals surface area (Å²) in [7, 11) is 0. The lowest BCUT2D eigenvalue weighted by atomic mass is 9.96. The molecule has 3 atom stereocenters. The largest absolute Gasteiger partial charge is 0.389 e. The van der Waals surface area contributed by atoms with Gasteiger partial charge in [0.05, 0.1) is 17.8 Å². The molecule has 0 radical (unpaired) electrons. The maximum Gasteiger partial charge on any atom is 0.0824 e. The van der Waals surface area contributed by atoms with E-state index in [1.807, 2.05) is 19.9 Å². The summed E-state index contributed by atoms with van der Waals surface area (Å²) in [6.07, 6.45) is 8.48.